The van der Waals surface area contributed by atoms with Crippen molar-refractivity contribution in [3.05, 3.63) is 54.2 Å². The molecule has 0 aliphatic rings. The number of amides is 1. The lowest BCUT2D eigenvalue weighted by molar-refractivity contribution is 0.0947. The number of carbonyl (C=O) groups is 1. The smallest absolute Gasteiger partial charge is 0.271 e. The zero-order chi connectivity index (χ0) is 16.9. The van der Waals surface area contributed by atoms with Crippen LogP contribution in [-0.4, -0.2) is 37.2 Å². The van der Waals surface area contributed by atoms with Crippen molar-refractivity contribution in [2.45, 2.75) is 13.0 Å². The molecular formula is C16H17FN6O. The van der Waals surface area contributed by atoms with E-state index >= 15 is 0 Å². The molecule has 0 aliphatic carbocycles. The van der Waals surface area contributed by atoms with Gasteiger partial charge in [-0.3, -0.25) is 14.2 Å². The average molecular weight is 328 g/mol. The largest absolute Gasteiger partial charge is 0.351 e. The van der Waals surface area contributed by atoms with Crippen LogP contribution in [0.5, 0.6) is 0 Å². The fourth-order valence-corrected chi connectivity index (χ4v) is 2.35. The summed E-state index contributed by atoms with van der Waals surface area (Å²) in [5.41, 5.74) is 1.89. The number of rotatable bonds is 6. The molecule has 1 aromatic carbocycles. The Kier molecular flexibility index (Phi) is 4.64. The van der Waals surface area contributed by atoms with Crippen molar-refractivity contribution in [1.29, 1.82) is 0 Å². The molecule has 1 N–H and O–H groups in total. The van der Waals surface area contributed by atoms with Gasteiger partial charge in [-0.25, -0.2) is 4.39 Å². The zero-order valence-electron chi connectivity index (χ0n) is 13.2. The number of aryl methyl sites for hydroxylation is 2. The Balaban J connectivity index is 1.59. The van der Waals surface area contributed by atoms with Crippen LogP contribution in [0.3, 0.4) is 0 Å². The molecule has 0 fully saturated rings. The minimum Gasteiger partial charge on any atom is -0.351 e. The van der Waals surface area contributed by atoms with Crippen molar-refractivity contribution in [3.63, 3.8) is 0 Å². The van der Waals surface area contributed by atoms with E-state index in [0.717, 1.165) is 17.7 Å². The molecule has 0 saturated carbocycles. The van der Waals surface area contributed by atoms with E-state index in [2.05, 4.69) is 20.7 Å². The Hall–Kier alpha value is -3.03. The summed E-state index contributed by atoms with van der Waals surface area (Å²) in [5.74, 6) is -0.538. The van der Waals surface area contributed by atoms with Gasteiger partial charge in [-0.1, -0.05) is 5.21 Å². The fourth-order valence-electron chi connectivity index (χ4n) is 2.35. The summed E-state index contributed by atoms with van der Waals surface area (Å²) >= 11 is 0. The molecule has 0 radical (unpaired) electrons. The third kappa shape index (κ3) is 3.65. The van der Waals surface area contributed by atoms with E-state index in [4.69, 9.17) is 0 Å². The van der Waals surface area contributed by atoms with Gasteiger partial charge < -0.3 is 5.32 Å². The van der Waals surface area contributed by atoms with Gasteiger partial charge in [0.1, 0.15) is 5.82 Å². The van der Waals surface area contributed by atoms with E-state index in [1.165, 1.54) is 12.1 Å². The second-order valence-corrected chi connectivity index (χ2v) is 5.32. The molecule has 24 heavy (non-hydrogen) atoms. The van der Waals surface area contributed by atoms with Crippen LogP contribution in [0.1, 0.15) is 16.9 Å². The summed E-state index contributed by atoms with van der Waals surface area (Å²) in [6.45, 7) is 1.20. The number of halogens is 1. The Bertz CT molecular complexity index is 810. The fraction of sp³-hybridized carbons (Fsp3) is 0.250. The molecular weight excluding hydrogens is 311 g/mol. The number of aromatic nitrogens is 5. The molecule has 0 spiro atoms. The predicted octanol–water partition coefficient (Wildman–Crippen LogP) is 1.64. The molecule has 0 saturated heterocycles. The summed E-state index contributed by atoms with van der Waals surface area (Å²) in [6.07, 6.45) is 4.13. The van der Waals surface area contributed by atoms with Crippen LogP contribution >= 0.6 is 0 Å². The standard InChI is InChI=1S/C16H17FN6O/c1-22-15(12-3-5-13(17)6-4-12)11-14(20-22)16(24)18-7-2-9-23-10-8-19-21-23/h3-6,8,10-11H,2,7,9H2,1H3,(H,18,24). The number of nitrogens with one attached hydrogen (secondary N) is 1. The average Bonchev–Trinajstić information content (AvgIpc) is 3.22. The minimum absolute atomic E-state index is 0.238. The molecule has 1 amide bonds. The van der Waals surface area contributed by atoms with Gasteiger partial charge in [0.2, 0.25) is 0 Å². The molecule has 3 rings (SSSR count). The molecule has 0 bridgehead atoms. The maximum atomic E-state index is 13.0. The van der Waals surface area contributed by atoms with E-state index in [1.54, 1.807) is 47.0 Å². The maximum absolute atomic E-state index is 13.0. The molecule has 7 nitrogen and oxygen atoms in total. The highest BCUT2D eigenvalue weighted by Crippen LogP contribution is 2.20. The zero-order valence-corrected chi connectivity index (χ0v) is 13.2. The Morgan fingerprint density at radius 1 is 1.29 bits per heavy atom. The van der Waals surface area contributed by atoms with Gasteiger partial charge in [-0.2, -0.15) is 5.10 Å². The first-order valence-corrected chi connectivity index (χ1v) is 7.56. The number of hydrogen-bond donors (Lipinski definition) is 1. The predicted molar refractivity (Wildman–Crippen MR) is 85.6 cm³/mol. The molecule has 0 unspecified atom stereocenters. The molecule has 124 valence electrons. The first-order valence-electron chi connectivity index (χ1n) is 7.56. The van der Waals surface area contributed by atoms with E-state index in [-0.39, 0.29) is 11.7 Å². The summed E-state index contributed by atoms with van der Waals surface area (Å²) in [6, 6.07) is 7.77. The van der Waals surface area contributed by atoms with Crippen LogP contribution in [0.2, 0.25) is 0 Å². The molecule has 3 aromatic rings. The summed E-state index contributed by atoms with van der Waals surface area (Å²) in [5, 5.41) is 14.6. The van der Waals surface area contributed by atoms with E-state index in [9.17, 15) is 9.18 Å². The van der Waals surface area contributed by atoms with E-state index in [0.29, 0.717) is 18.8 Å². The quantitative estimate of drug-likeness (QED) is 0.698. The van der Waals surface area contributed by atoms with E-state index in [1.807, 2.05) is 0 Å². The van der Waals surface area contributed by atoms with Gasteiger partial charge in [0, 0.05) is 26.3 Å². The van der Waals surface area contributed by atoms with Gasteiger partial charge in [-0.05, 0) is 42.3 Å². The highest BCUT2D eigenvalue weighted by molar-refractivity contribution is 5.93. The van der Waals surface area contributed by atoms with Gasteiger partial charge in [0.15, 0.2) is 5.69 Å². The highest BCUT2D eigenvalue weighted by Gasteiger charge is 2.13. The molecule has 2 aromatic heterocycles. The van der Waals surface area contributed by atoms with Gasteiger partial charge >= 0.3 is 0 Å². The Morgan fingerprint density at radius 2 is 2.08 bits per heavy atom. The summed E-state index contributed by atoms with van der Waals surface area (Å²) in [4.78, 5) is 12.2. The molecule has 8 heteroatoms. The minimum atomic E-state index is -0.300. The SMILES string of the molecule is Cn1nc(C(=O)NCCCn2ccnn2)cc1-c1ccc(F)cc1. The monoisotopic (exact) mass is 328 g/mol. The first-order chi connectivity index (χ1) is 11.6. The topological polar surface area (TPSA) is 77.6 Å². The van der Waals surface area contributed by atoms with Crippen LogP contribution in [0, 0.1) is 5.82 Å². The number of hydrogen-bond acceptors (Lipinski definition) is 4. The lowest BCUT2D eigenvalue weighted by Gasteiger charge is -2.02. The maximum Gasteiger partial charge on any atom is 0.271 e. The third-order valence-electron chi connectivity index (χ3n) is 3.57. The van der Waals surface area contributed by atoms with Crippen molar-refractivity contribution in [1.82, 2.24) is 30.1 Å². The molecule has 0 atom stereocenters. The Morgan fingerprint density at radius 3 is 2.79 bits per heavy atom. The molecule has 0 aliphatic heterocycles. The van der Waals surface area contributed by atoms with Gasteiger partial charge in [0.25, 0.3) is 5.91 Å². The van der Waals surface area contributed by atoms with Crippen LogP contribution < -0.4 is 5.32 Å². The third-order valence-corrected chi connectivity index (χ3v) is 3.57. The highest BCUT2D eigenvalue weighted by atomic mass is 19.1. The van der Waals surface area contributed by atoms with Gasteiger partial charge in [-0.15, -0.1) is 5.10 Å². The van der Waals surface area contributed by atoms with E-state index < -0.39 is 0 Å². The van der Waals surface area contributed by atoms with Crippen molar-refractivity contribution >= 4 is 5.91 Å². The van der Waals surface area contributed by atoms with Crippen LogP contribution in [0.15, 0.2) is 42.7 Å². The van der Waals surface area contributed by atoms with Gasteiger partial charge in [0.05, 0.1) is 11.9 Å². The van der Waals surface area contributed by atoms with Crippen LogP contribution in [-0.2, 0) is 13.6 Å². The van der Waals surface area contributed by atoms with Crippen LogP contribution in [0.25, 0.3) is 11.3 Å². The lowest BCUT2D eigenvalue weighted by Crippen LogP contribution is -2.25. The van der Waals surface area contributed by atoms with Crippen LogP contribution in [0.4, 0.5) is 4.39 Å². The summed E-state index contributed by atoms with van der Waals surface area (Å²) < 4.78 is 16.3. The van der Waals surface area contributed by atoms with Crippen molar-refractivity contribution in [2.24, 2.45) is 7.05 Å². The summed E-state index contributed by atoms with van der Waals surface area (Å²) in [7, 11) is 1.75. The lowest BCUT2D eigenvalue weighted by atomic mass is 10.1. The van der Waals surface area contributed by atoms with Crippen molar-refractivity contribution in [2.75, 3.05) is 6.54 Å². The number of benzene rings is 1. The second kappa shape index (κ2) is 7.03. The molecule has 2 heterocycles. The number of carbonyl (C=O) groups excluding carboxylic acids is 1. The second-order valence-electron chi connectivity index (χ2n) is 5.32. The number of nitrogens with zero attached hydrogens (tertiary/aromatic N) is 5. The Labute approximate surface area is 138 Å². The van der Waals surface area contributed by atoms with Crippen molar-refractivity contribution in [3.8, 4) is 11.3 Å². The normalized spacial score (nSPS) is 10.8. The first kappa shape index (κ1) is 15.9. The van der Waals surface area contributed by atoms with Crippen molar-refractivity contribution < 1.29 is 9.18 Å².